The second-order valence-electron chi connectivity index (χ2n) is 12.0. The normalized spacial score (nSPS) is 11.4. The van der Waals surface area contributed by atoms with Crippen LogP contribution in [0.5, 0.6) is 0 Å². The average molecular weight is 632 g/mol. The van der Waals surface area contributed by atoms with Crippen molar-refractivity contribution in [1.82, 2.24) is 0 Å². The van der Waals surface area contributed by atoms with E-state index >= 15 is 0 Å². The highest BCUT2D eigenvalue weighted by molar-refractivity contribution is 7.26. The van der Waals surface area contributed by atoms with Gasteiger partial charge >= 0.3 is 0 Å². The van der Waals surface area contributed by atoms with E-state index in [4.69, 9.17) is 78.5 Å². The van der Waals surface area contributed by atoms with E-state index in [0.717, 1.165) is 20.2 Å². The van der Waals surface area contributed by atoms with Gasteiger partial charge in [0, 0.05) is 26.2 Å². The van der Waals surface area contributed by atoms with E-state index in [9.17, 15) is 10.1 Å². The Labute approximate surface area is 307 Å². The van der Waals surface area contributed by atoms with Gasteiger partial charge in [0.05, 0.1) is 10.5 Å². The Hall–Kier alpha value is -4.41. The fourth-order valence-corrected chi connectivity index (χ4v) is 7.63. The summed E-state index contributed by atoms with van der Waals surface area (Å²) in [7, 11) is 63.3. The predicted octanol–water partition coefficient (Wildman–Crippen LogP) is -1.43. The number of rotatable bonds is 5. The maximum atomic E-state index is 12.5. The lowest BCUT2D eigenvalue weighted by molar-refractivity contribution is -0.384. The first-order valence-corrected chi connectivity index (χ1v) is 16.0. The molecule has 0 bridgehead atoms. The summed E-state index contributed by atoms with van der Waals surface area (Å²) in [5.41, 5.74) is 4.68. The molecule has 0 aliphatic heterocycles. The fraction of sp³-hybridized carbons (Fsp3) is 0. The minimum Gasteiger partial charge on any atom is -0.258 e. The van der Waals surface area contributed by atoms with Gasteiger partial charge in [-0.15, -0.1) is 44.1 Å². The number of thiophene rings is 1. The highest BCUT2D eigenvalue weighted by atomic mass is 32.1. The van der Waals surface area contributed by atoms with Gasteiger partial charge in [0.15, 0.2) is 0 Å². The zero-order valence-corrected chi connectivity index (χ0v) is 27.3. The Bertz CT molecular complexity index is 2460. The number of hydrogen-bond acceptors (Lipinski definition) is 3. The number of benzene rings is 6. The monoisotopic (exact) mass is 633 g/mol. The van der Waals surface area contributed by atoms with Crippen molar-refractivity contribution in [3.8, 4) is 44.5 Å². The van der Waals surface area contributed by atoms with Crippen LogP contribution in [0, 0.1) is 10.1 Å². The molecule has 0 saturated heterocycles. The summed E-state index contributed by atoms with van der Waals surface area (Å²) in [4.78, 5) is 12.1. The van der Waals surface area contributed by atoms with Crippen LogP contribution >= 0.6 is 11.3 Å². The Kier molecular flexibility index (Phi) is 8.67. The van der Waals surface area contributed by atoms with Crippen LogP contribution in [0.2, 0.25) is 0 Å². The molecular formula is C36H13B10NO2S. The van der Waals surface area contributed by atoms with Gasteiger partial charge in [-0.25, -0.2) is 0 Å². The molecule has 20 radical (unpaired) electrons. The van der Waals surface area contributed by atoms with E-state index in [1.165, 1.54) is 6.07 Å². The van der Waals surface area contributed by atoms with Crippen molar-refractivity contribution in [2.24, 2.45) is 0 Å². The first-order valence-electron chi connectivity index (χ1n) is 15.2. The van der Waals surface area contributed by atoms with Crippen LogP contribution in [0.25, 0.3) is 64.7 Å². The molecule has 1 heterocycles. The molecule has 7 rings (SSSR count). The first kappa shape index (κ1) is 34.1. The van der Waals surface area contributed by atoms with Gasteiger partial charge in [0.2, 0.25) is 0 Å². The summed E-state index contributed by atoms with van der Waals surface area (Å²) in [5.74, 6) is 0. The van der Waals surface area contributed by atoms with Crippen LogP contribution in [0.3, 0.4) is 0 Å². The van der Waals surface area contributed by atoms with Crippen LogP contribution in [0.15, 0.2) is 78.9 Å². The number of nitrogens with zero attached hydrogens (tertiary/aromatic N) is 1. The van der Waals surface area contributed by atoms with Gasteiger partial charge in [-0.2, -0.15) is 0 Å². The molecule has 0 N–H and O–H groups in total. The summed E-state index contributed by atoms with van der Waals surface area (Å²) in [6, 6.07) is 24.0. The molecule has 0 aliphatic carbocycles. The second kappa shape index (κ2) is 12.7. The zero-order chi connectivity index (χ0) is 35.8. The van der Waals surface area contributed by atoms with E-state index in [-0.39, 0.29) is 60.3 Å². The van der Waals surface area contributed by atoms with Crippen LogP contribution in [-0.4, -0.2) is 83.4 Å². The Balaban J connectivity index is 1.56. The third-order valence-electron chi connectivity index (χ3n) is 9.13. The second-order valence-corrected chi connectivity index (χ2v) is 13.0. The molecule has 14 heteroatoms. The lowest BCUT2D eigenvalue weighted by Crippen LogP contribution is -2.55. The minimum absolute atomic E-state index is 0.0582. The molecule has 50 heavy (non-hydrogen) atoms. The van der Waals surface area contributed by atoms with Crippen molar-refractivity contribution in [2.75, 3.05) is 0 Å². The van der Waals surface area contributed by atoms with Crippen molar-refractivity contribution in [2.45, 2.75) is 0 Å². The summed E-state index contributed by atoms with van der Waals surface area (Å²) in [6.45, 7) is 0. The Morgan fingerprint density at radius 2 is 0.940 bits per heavy atom. The molecule has 3 nitrogen and oxygen atoms in total. The third kappa shape index (κ3) is 5.35. The molecule has 0 amide bonds. The molecule has 0 fully saturated rings. The molecule has 0 spiro atoms. The standard InChI is InChI=1S/C36H13B10NO2S/c37-27-24(28(38)32(42)35(45)31(27)41)16-10-15(11-17(12-16)25-29(39)33(43)36(46)34(44)30(25)40)14-8-9-21(47(48)49)20(13-14)18-5-3-7-23-26(18)19-4-1-2-6-22(19)50-23/h1-13H. The van der Waals surface area contributed by atoms with Crippen molar-refractivity contribution in [3.63, 3.8) is 0 Å². The maximum Gasteiger partial charge on any atom is 0.277 e. The Morgan fingerprint density at radius 3 is 1.48 bits per heavy atom. The largest absolute Gasteiger partial charge is 0.277 e. The van der Waals surface area contributed by atoms with Crippen LogP contribution in [0.4, 0.5) is 5.69 Å². The van der Waals surface area contributed by atoms with Gasteiger partial charge in [-0.3, -0.25) is 10.1 Å². The highest BCUT2D eigenvalue weighted by Gasteiger charge is 2.22. The first-order chi connectivity index (χ1) is 23.8. The van der Waals surface area contributed by atoms with Crippen LogP contribution in [0.1, 0.15) is 0 Å². The molecule has 0 aliphatic rings. The summed E-state index contributed by atoms with van der Waals surface area (Å²) < 4.78 is 2.07. The van der Waals surface area contributed by atoms with Gasteiger partial charge in [0.25, 0.3) is 5.69 Å². The van der Waals surface area contributed by atoms with E-state index in [2.05, 4.69) is 0 Å². The van der Waals surface area contributed by atoms with Gasteiger partial charge in [-0.1, -0.05) is 52.2 Å². The molecule has 0 saturated carbocycles. The SMILES string of the molecule is [B]c1c([B])c([B])c(-c2cc(-c3ccc([N+](=O)[O-])c(-c4cccc5sc6ccccc6c45)c3)cc(-c3c([B])c([B])c([B])c([B])c3[B])c2)c([B])c1[B]. The topological polar surface area (TPSA) is 43.1 Å². The summed E-state index contributed by atoms with van der Waals surface area (Å²) in [6.07, 6.45) is 0. The lowest BCUT2D eigenvalue weighted by atomic mass is 9.59. The van der Waals surface area contributed by atoms with Crippen LogP contribution < -0.4 is 54.6 Å². The van der Waals surface area contributed by atoms with Gasteiger partial charge in [0.1, 0.15) is 78.5 Å². The molecule has 0 atom stereocenters. The smallest absolute Gasteiger partial charge is 0.258 e. The van der Waals surface area contributed by atoms with Crippen molar-refractivity contribution in [1.29, 1.82) is 0 Å². The quantitative estimate of drug-likeness (QED) is 0.133. The van der Waals surface area contributed by atoms with E-state index in [0.29, 0.717) is 44.5 Å². The van der Waals surface area contributed by atoms with Crippen LogP contribution in [-0.2, 0) is 0 Å². The van der Waals surface area contributed by atoms with E-state index in [1.807, 2.05) is 54.6 Å². The van der Waals surface area contributed by atoms with Gasteiger partial charge < -0.3 is 0 Å². The number of fused-ring (bicyclic) bond motifs is 3. The lowest BCUT2D eigenvalue weighted by Gasteiger charge is -2.25. The molecular weight excluding hydrogens is 619 g/mol. The highest BCUT2D eigenvalue weighted by Crippen LogP contribution is 2.44. The molecule has 210 valence electrons. The number of hydrogen-bond donors (Lipinski definition) is 0. The Morgan fingerprint density at radius 1 is 0.460 bits per heavy atom. The zero-order valence-electron chi connectivity index (χ0n) is 26.5. The third-order valence-corrected chi connectivity index (χ3v) is 10.3. The number of nitro groups is 1. The molecule has 7 aromatic rings. The fourth-order valence-electron chi connectivity index (χ4n) is 6.49. The molecule has 6 aromatic carbocycles. The van der Waals surface area contributed by atoms with Crippen molar-refractivity contribution >= 4 is 170 Å². The van der Waals surface area contributed by atoms with Gasteiger partial charge in [-0.05, 0) is 81.4 Å². The van der Waals surface area contributed by atoms with E-state index in [1.54, 1.807) is 29.5 Å². The van der Waals surface area contributed by atoms with Crippen molar-refractivity contribution in [3.05, 3.63) is 89.0 Å². The average Bonchev–Trinajstić information content (AvgIpc) is 3.50. The molecule has 1 aromatic heterocycles. The summed E-state index contributed by atoms with van der Waals surface area (Å²) in [5, 5.41) is 14.4. The predicted molar refractivity (Wildman–Crippen MR) is 222 cm³/mol. The maximum absolute atomic E-state index is 12.5. The molecule has 0 unspecified atom stereocenters. The minimum atomic E-state index is -0.392. The van der Waals surface area contributed by atoms with Crippen molar-refractivity contribution < 1.29 is 4.92 Å². The summed E-state index contributed by atoms with van der Waals surface area (Å²) >= 11 is 1.62. The number of nitro benzene ring substituents is 1. The van der Waals surface area contributed by atoms with E-state index < -0.39 is 4.92 Å².